The van der Waals surface area contributed by atoms with Crippen molar-refractivity contribution in [1.29, 1.82) is 0 Å². The lowest BCUT2D eigenvalue weighted by molar-refractivity contribution is -0.122. The third kappa shape index (κ3) is 4.38. The summed E-state index contributed by atoms with van der Waals surface area (Å²) < 4.78 is 5.79. The normalized spacial score (nSPS) is 14.9. The third-order valence-corrected chi connectivity index (χ3v) is 6.26. The van der Waals surface area contributed by atoms with Gasteiger partial charge in [0.05, 0.1) is 5.56 Å². The number of thiophene rings is 1. The van der Waals surface area contributed by atoms with Gasteiger partial charge in [-0.2, -0.15) is 0 Å². The van der Waals surface area contributed by atoms with Crippen LogP contribution in [0.5, 0.6) is 5.75 Å². The highest BCUT2D eigenvalue weighted by Crippen LogP contribution is 2.38. The van der Waals surface area contributed by atoms with E-state index in [2.05, 4.69) is 26.1 Å². The number of hydrogen-bond acceptors (Lipinski definition) is 4. The molecule has 0 radical (unpaired) electrons. The zero-order valence-corrected chi connectivity index (χ0v) is 17.7. The number of ether oxygens (including phenoxy) is 1. The molecule has 1 heterocycles. The molecule has 1 atom stereocenters. The van der Waals surface area contributed by atoms with Crippen LogP contribution in [0.1, 0.15) is 66.9 Å². The average Bonchev–Trinajstić information content (AvgIpc) is 2.99. The van der Waals surface area contributed by atoms with Crippen LogP contribution in [0.15, 0.2) is 24.3 Å². The molecule has 3 rings (SSSR count). The molecule has 1 aromatic heterocycles. The summed E-state index contributed by atoms with van der Waals surface area (Å²) in [5, 5.41) is 3.40. The van der Waals surface area contributed by atoms with E-state index in [-0.39, 0.29) is 11.3 Å². The van der Waals surface area contributed by atoms with Crippen molar-refractivity contribution in [2.75, 3.05) is 5.32 Å². The van der Waals surface area contributed by atoms with E-state index in [1.165, 1.54) is 16.9 Å². The molecular formula is C22H28N2O3S. The molecule has 0 spiro atoms. The Morgan fingerprint density at radius 2 is 1.79 bits per heavy atom. The lowest BCUT2D eigenvalue weighted by Gasteiger charge is -2.20. The number of rotatable bonds is 5. The standard InChI is InChI=1S/C22H28N2O3S/c1-13(27-15-11-9-14(10-12-15)22(2,3)4)20(26)24-21-18(19(23)25)16-7-5-6-8-17(16)28-21/h9-13H,5-8H2,1-4H3,(H2,23,25)(H,24,26)/t13-/m1/s1. The van der Waals surface area contributed by atoms with Gasteiger partial charge in [-0.05, 0) is 61.3 Å². The van der Waals surface area contributed by atoms with Crippen LogP contribution in [0, 0.1) is 0 Å². The van der Waals surface area contributed by atoms with Crippen molar-refractivity contribution in [2.24, 2.45) is 5.73 Å². The van der Waals surface area contributed by atoms with E-state index >= 15 is 0 Å². The Morgan fingerprint density at radius 1 is 1.14 bits per heavy atom. The van der Waals surface area contributed by atoms with Crippen LogP contribution < -0.4 is 15.8 Å². The van der Waals surface area contributed by atoms with Crippen molar-refractivity contribution in [1.82, 2.24) is 0 Å². The lowest BCUT2D eigenvalue weighted by atomic mass is 9.87. The lowest BCUT2D eigenvalue weighted by Crippen LogP contribution is -2.30. The summed E-state index contributed by atoms with van der Waals surface area (Å²) in [5.41, 5.74) is 8.33. The minimum Gasteiger partial charge on any atom is -0.481 e. The molecule has 0 fully saturated rings. The second-order valence-corrected chi connectivity index (χ2v) is 9.41. The highest BCUT2D eigenvalue weighted by Gasteiger charge is 2.26. The van der Waals surface area contributed by atoms with E-state index in [1.807, 2.05) is 24.3 Å². The molecule has 1 aromatic carbocycles. The maximum absolute atomic E-state index is 12.6. The molecule has 0 saturated heterocycles. The molecule has 6 heteroatoms. The summed E-state index contributed by atoms with van der Waals surface area (Å²) in [6, 6.07) is 7.78. The Kier molecular flexibility index (Phi) is 5.79. The van der Waals surface area contributed by atoms with Crippen LogP contribution in [0.25, 0.3) is 0 Å². The number of fused-ring (bicyclic) bond motifs is 1. The molecular weight excluding hydrogens is 372 g/mol. The van der Waals surface area contributed by atoms with Gasteiger partial charge in [0, 0.05) is 4.88 Å². The summed E-state index contributed by atoms with van der Waals surface area (Å²) in [4.78, 5) is 25.8. The molecule has 28 heavy (non-hydrogen) atoms. The average molecular weight is 401 g/mol. The number of primary amides is 1. The van der Waals surface area contributed by atoms with Crippen LogP contribution >= 0.6 is 11.3 Å². The van der Waals surface area contributed by atoms with Crippen molar-refractivity contribution in [3.05, 3.63) is 45.8 Å². The molecule has 150 valence electrons. The van der Waals surface area contributed by atoms with E-state index in [4.69, 9.17) is 10.5 Å². The first kappa shape index (κ1) is 20.4. The van der Waals surface area contributed by atoms with Gasteiger partial charge < -0.3 is 15.8 Å². The van der Waals surface area contributed by atoms with E-state index < -0.39 is 12.0 Å². The summed E-state index contributed by atoms with van der Waals surface area (Å²) >= 11 is 1.46. The molecule has 2 aromatic rings. The first-order chi connectivity index (χ1) is 13.2. The van der Waals surface area contributed by atoms with Crippen molar-refractivity contribution in [3.63, 3.8) is 0 Å². The fourth-order valence-corrected chi connectivity index (χ4v) is 4.72. The minimum absolute atomic E-state index is 0.0605. The second-order valence-electron chi connectivity index (χ2n) is 8.30. The monoisotopic (exact) mass is 400 g/mol. The molecule has 0 bridgehead atoms. The number of nitrogens with two attached hydrogens (primary N) is 1. The van der Waals surface area contributed by atoms with Crippen molar-refractivity contribution in [2.45, 2.75) is 64.9 Å². The fourth-order valence-electron chi connectivity index (χ4n) is 3.42. The maximum atomic E-state index is 12.6. The molecule has 1 aliphatic rings. The highest BCUT2D eigenvalue weighted by atomic mass is 32.1. The molecule has 0 aliphatic heterocycles. The van der Waals surface area contributed by atoms with Gasteiger partial charge in [0.25, 0.3) is 11.8 Å². The summed E-state index contributed by atoms with van der Waals surface area (Å²) in [6.07, 6.45) is 3.22. The second kappa shape index (κ2) is 7.95. The van der Waals surface area contributed by atoms with E-state index in [0.29, 0.717) is 16.3 Å². The molecule has 2 amide bonds. The molecule has 3 N–H and O–H groups in total. The predicted octanol–water partition coefficient (Wildman–Crippen LogP) is 4.43. The minimum atomic E-state index is -0.694. The Bertz CT molecular complexity index is 878. The van der Waals surface area contributed by atoms with Gasteiger partial charge >= 0.3 is 0 Å². The number of nitrogens with one attached hydrogen (secondary N) is 1. The van der Waals surface area contributed by atoms with Gasteiger partial charge in [0.2, 0.25) is 0 Å². The number of hydrogen-bond donors (Lipinski definition) is 2. The van der Waals surface area contributed by atoms with Crippen LogP contribution in [-0.4, -0.2) is 17.9 Å². The van der Waals surface area contributed by atoms with Gasteiger partial charge in [-0.3, -0.25) is 9.59 Å². The summed E-state index contributed by atoms with van der Waals surface area (Å²) in [7, 11) is 0. The first-order valence-electron chi connectivity index (χ1n) is 9.69. The topological polar surface area (TPSA) is 81.4 Å². The van der Waals surface area contributed by atoms with Crippen molar-refractivity contribution >= 4 is 28.2 Å². The van der Waals surface area contributed by atoms with Crippen molar-refractivity contribution in [3.8, 4) is 5.75 Å². The van der Waals surface area contributed by atoms with Gasteiger partial charge in [-0.1, -0.05) is 32.9 Å². The Morgan fingerprint density at radius 3 is 2.39 bits per heavy atom. The predicted molar refractivity (Wildman–Crippen MR) is 113 cm³/mol. The van der Waals surface area contributed by atoms with E-state index in [0.717, 1.165) is 36.1 Å². The van der Waals surface area contributed by atoms with Gasteiger partial charge in [0.1, 0.15) is 10.8 Å². The van der Waals surface area contributed by atoms with Crippen LogP contribution in [-0.2, 0) is 23.1 Å². The zero-order valence-electron chi connectivity index (χ0n) is 16.9. The van der Waals surface area contributed by atoms with Gasteiger partial charge in [-0.25, -0.2) is 0 Å². The number of amides is 2. The largest absolute Gasteiger partial charge is 0.481 e. The molecule has 1 aliphatic carbocycles. The van der Waals surface area contributed by atoms with Gasteiger partial charge in [0.15, 0.2) is 6.10 Å². The smallest absolute Gasteiger partial charge is 0.265 e. The highest BCUT2D eigenvalue weighted by molar-refractivity contribution is 7.17. The van der Waals surface area contributed by atoms with Crippen LogP contribution in [0.3, 0.4) is 0 Å². The SMILES string of the molecule is C[C@@H](Oc1ccc(C(C)(C)C)cc1)C(=O)Nc1sc2c(c1C(N)=O)CCCC2. The number of benzene rings is 1. The van der Waals surface area contributed by atoms with E-state index in [1.54, 1.807) is 6.92 Å². The number of anilines is 1. The number of carbonyl (C=O) groups excluding carboxylic acids is 2. The maximum Gasteiger partial charge on any atom is 0.265 e. The Balaban J connectivity index is 1.71. The van der Waals surface area contributed by atoms with Gasteiger partial charge in [-0.15, -0.1) is 11.3 Å². The third-order valence-electron chi connectivity index (χ3n) is 5.06. The Labute approximate surface area is 170 Å². The van der Waals surface area contributed by atoms with Crippen molar-refractivity contribution < 1.29 is 14.3 Å². The van der Waals surface area contributed by atoms with Crippen LogP contribution in [0.4, 0.5) is 5.00 Å². The molecule has 0 saturated carbocycles. The first-order valence-corrected chi connectivity index (χ1v) is 10.5. The number of carbonyl (C=O) groups is 2. The fraction of sp³-hybridized carbons (Fsp3) is 0.455. The van der Waals surface area contributed by atoms with Crippen LogP contribution in [0.2, 0.25) is 0 Å². The Hall–Kier alpha value is -2.34. The van der Waals surface area contributed by atoms with E-state index in [9.17, 15) is 9.59 Å². The molecule has 5 nitrogen and oxygen atoms in total. The summed E-state index contributed by atoms with van der Waals surface area (Å²) in [5.74, 6) is -0.140. The summed E-state index contributed by atoms with van der Waals surface area (Å²) in [6.45, 7) is 8.14. The zero-order chi connectivity index (χ0) is 20.5. The quantitative estimate of drug-likeness (QED) is 0.779. The number of aryl methyl sites for hydroxylation is 1. The molecule has 0 unspecified atom stereocenters.